The Kier molecular flexibility index (Phi) is 6.79. The van der Waals surface area contributed by atoms with Crippen LogP contribution in [0.3, 0.4) is 0 Å². The Morgan fingerprint density at radius 2 is 1.85 bits per heavy atom. The predicted octanol–water partition coefficient (Wildman–Crippen LogP) is 2.73. The first-order valence-corrected chi connectivity index (χ1v) is 9.14. The normalized spacial score (nSPS) is 17.5. The van der Waals surface area contributed by atoms with Gasteiger partial charge in [-0.15, -0.1) is 0 Å². The van der Waals surface area contributed by atoms with Crippen LogP contribution in [0.15, 0.2) is 42.5 Å². The Morgan fingerprint density at radius 1 is 1.07 bits per heavy atom. The maximum Gasteiger partial charge on any atom is 0.160 e. The van der Waals surface area contributed by atoms with Gasteiger partial charge in [-0.3, -0.25) is 4.90 Å². The minimum Gasteiger partial charge on any atom is -0.508 e. The first-order chi connectivity index (χ1) is 13.2. The highest BCUT2D eigenvalue weighted by Gasteiger charge is 2.21. The zero-order chi connectivity index (χ0) is 19.1. The van der Waals surface area contributed by atoms with Crippen LogP contribution in [-0.2, 0) is 11.2 Å². The van der Waals surface area contributed by atoms with Crippen molar-refractivity contribution in [3.63, 3.8) is 0 Å². The molecule has 1 N–H and O–H groups in total. The highest BCUT2D eigenvalue weighted by Crippen LogP contribution is 2.27. The fourth-order valence-electron chi connectivity index (χ4n) is 3.14. The fraction of sp³-hybridized carbons (Fsp3) is 0.429. The van der Waals surface area contributed by atoms with E-state index in [9.17, 15) is 5.11 Å². The first kappa shape index (κ1) is 19.3. The molecule has 2 aromatic rings. The molecule has 0 saturated carbocycles. The van der Waals surface area contributed by atoms with E-state index in [1.54, 1.807) is 38.5 Å². The van der Waals surface area contributed by atoms with Crippen LogP contribution in [0.1, 0.15) is 5.56 Å². The largest absolute Gasteiger partial charge is 0.508 e. The number of nitrogens with zero attached hydrogens (tertiary/aromatic N) is 1. The molecular formula is C21H27NO5. The van der Waals surface area contributed by atoms with Gasteiger partial charge in [0.1, 0.15) is 24.2 Å². The fourth-order valence-corrected chi connectivity index (χ4v) is 3.14. The molecule has 146 valence electrons. The molecule has 2 aromatic carbocycles. The molecule has 0 aliphatic carbocycles. The maximum absolute atomic E-state index is 9.32. The van der Waals surface area contributed by atoms with Gasteiger partial charge in [-0.1, -0.05) is 6.07 Å². The molecule has 6 nitrogen and oxygen atoms in total. The van der Waals surface area contributed by atoms with Gasteiger partial charge in [0.2, 0.25) is 0 Å². The van der Waals surface area contributed by atoms with E-state index >= 15 is 0 Å². The van der Waals surface area contributed by atoms with Crippen molar-refractivity contribution < 1.29 is 24.1 Å². The van der Waals surface area contributed by atoms with E-state index in [0.29, 0.717) is 13.2 Å². The summed E-state index contributed by atoms with van der Waals surface area (Å²) in [6.07, 6.45) is 0.976. The molecule has 1 atom stereocenters. The van der Waals surface area contributed by atoms with E-state index < -0.39 is 0 Å². The third-order valence-corrected chi connectivity index (χ3v) is 4.66. The van der Waals surface area contributed by atoms with Crippen molar-refractivity contribution in [3.05, 3.63) is 48.0 Å². The Morgan fingerprint density at radius 3 is 2.59 bits per heavy atom. The Balaban J connectivity index is 1.47. The van der Waals surface area contributed by atoms with Crippen molar-refractivity contribution in [2.45, 2.75) is 12.5 Å². The molecule has 0 spiro atoms. The van der Waals surface area contributed by atoms with E-state index in [1.807, 2.05) is 12.1 Å². The number of hydrogen-bond donors (Lipinski definition) is 1. The van der Waals surface area contributed by atoms with E-state index in [-0.39, 0.29) is 11.9 Å². The number of ether oxygens (including phenoxy) is 4. The van der Waals surface area contributed by atoms with Gasteiger partial charge in [0, 0.05) is 19.6 Å². The van der Waals surface area contributed by atoms with E-state index in [2.05, 4.69) is 11.0 Å². The summed E-state index contributed by atoms with van der Waals surface area (Å²) in [7, 11) is 3.30. The summed E-state index contributed by atoms with van der Waals surface area (Å²) in [6.45, 7) is 3.91. The summed E-state index contributed by atoms with van der Waals surface area (Å²) >= 11 is 0. The van der Waals surface area contributed by atoms with Crippen LogP contribution in [0.5, 0.6) is 23.0 Å². The van der Waals surface area contributed by atoms with Gasteiger partial charge in [0.25, 0.3) is 0 Å². The molecule has 6 heteroatoms. The van der Waals surface area contributed by atoms with E-state index in [1.165, 1.54) is 5.56 Å². The number of phenols is 1. The van der Waals surface area contributed by atoms with Crippen LogP contribution in [0.2, 0.25) is 0 Å². The third-order valence-electron chi connectivity index (χ3n) is 4.66. The lowest BCUT2D eigenvalue weighted by atomic mass is 10.1. The molecule has 0 bridgehead atoms. The van der Waals surface area contributed by atoms with Crippen molar-refractivity contribution in [1.82, 2.24) is 4.90 Å². The van der Waals surface area contributed by atoms with Crippen LogP contribution >= 0.6 is 0 Å². The quantitative estimate of drug-likeness (QED) is 0.768. The van der Waals surface area contributed by atoms with Gasteiger partial charge < -0.3 is 24.1 Å². The lowest BCUT2D eigenvalue weighted by Gasteiger charge is -2.32. The van der Waals surface area contributed by atoms with E-state index in [0.717, 1.165) is 43.3 Å². The average molecular weight is 373 g/mol. The van der Waals surface area contributed by atoms with Crippen LogP contribution in [-0.4, -0.2) is 63.2 Å². The summed E-state index contributed by atoms with van der Waals surface area (Å²) in [5.74, 6) is 2.48. The van der Waals surface area contributed by atoms with Crippen LogP contribution in [0.25, 0.3) is 0 Å². The van der Waals surface area contributed by atoms with Gasteiger partial charge in [0.15, 0.2) is 11.5 Å². The number of aromatic hydroxyl groups is 1. The second-order valence-electron chi connectivity index (χ2n) is 6.54. The second kappa shape index (κ2) is 9.48. The number of methoxy groups -OCH3 is 2. The average Bonchev–Trinajstić information content (AvgIpc) is 2.72. The number of hydrogen-bond acceptors (Lipinski definition) is 6. The zero-order valence-electron chi connectivity index (χ0n) is 15.9. The summed E-state index contributed by atoms with van der Waals surface area (Å²) in [6, 6.07) is 12.8. The van der Waals surface area contributed by atoms with Crippen molar-refractivity contribution in [2.75, 3.05) is 47.1 Å². The molecule has 1 heterocycles. The standard InChI is InChI=1S/C21H27NO5/c1-24-20-8-3-16(13-21(20)25-2)9-10-22-11-12-26-19(14-22)15-27-18-6-4-17(23)5-7-18/h3-8,13,19,23H,9-12,14-15H2,1-2H3/t19-/m0/s1. The summed E-state index contributed by atoms with van der Waals surface area (Å²) in [4.78, 5) is 2.39. The summed E-state index contributed by atoms with van der Waals surface area (Å²) < 4.78 is 22.3. The zero-order valence-corrected chi connectivity index (χ0v) is 15.9. The maximum atomic E-state index is 9.32. The Labute approximate surface area is 160 Å². The molecule has 1 fully saturated rings. The van der Waals surface area contributed by atoms with Crippen LogP contribution in [0, 0.1) is 0 Å². The lowest BCUT2D eigenvalue weighted by molar-refractivity contribution is -0.0475. The SMILES string of the molecule is COc1ccc(CCN2CCO[C@H](COc3ccc(O)cc3)C2)cc1OC. The smallest absolute Gasteiger partial charge is 0.160 e. The monoisotopic (exact) mass is 373 g/mol. The predicted molar refractivity (Wildman–Crippen MR) is 103 cm³/mol. The number of benzene rings is 2. The van der Waals surface area contributed by atoms with Gasteiger partial charge in [0.05, 0.1) is 20.8 Å². The van der Waals surface area contributed by atoms with Crippen molar-refractivity contribution >= 4 is 0 Å². The molecule has 0 radical (unpaired) electrons. The Hall–Kier alpha value is -2.44. The van der Waals surface area contributed by atoms with Crippen LogP contribution < -0.4 is 14.2 Å². The van der Waals surface area contributed by atoms with Crippen molar-refractivity contribution in [1.29, 1.82) is 0 Å². The Bertz CT molecular complexity index is 719. The highest BCUT2D eigenvalue weighted by molar-refractivity contribution is 5.43. The van der Waals surface area contributed by atoms with Gasteiger partial charge in [-0.05, 0) is 48.4 Å². The number of rotatable bonds is 8. The molecule has 0 unspecified atom stereocenters. The molecule has 27 heavy (non-hydrogen) atoms. The first-order valence-electron chi connectivity index (χ1n) is 9.14. The topological polar surface area (TPSA) is 60.4 Å². The molecule has 1 aliphatic rings. The van der Waals surface area contributed by atoms with Gasteiger partial charge in [-0.25, -0.2) is 0 Å². The van der Waals surface area contributed by atoms with E-state index in [4.69, 9.17) is 18.9 Å². The molecule has 0 amide bonds. The third kappa shape index (κ3) is 5.52. The van der Waals surface area contributed by atoms with Gasteiger partial charge in [-0.2, -0.15) is 0 Å². The summed E-state index contributed by atoms with van der Waals surface area (Å²) in [5, 5.41) is 9.32. The highest BCUT2D eigenvalue weighted by atomic mass is 16.5. The van der Waals surface area contributed by atoms with Crippen LogP contribution in [0.4, 0.5) is 0 Å². The van der Waals surface area contributed by atoms with Crippen molar-refractivity contribution in [2.24, 2.45) is 0 Å². The molecular weight excluding hydrogens is 346 g/mol. The molecule has 0 aromatic heterocycles. The minimum absolute atomic E-state index is 0.0398. The molecule has 1 saturated heterocycles. The van der Waals surface area contributed by atoms with Crippen molar-refractivity contribution in [3.8, 4) is 23.0 Å². The molecule has 3 rings (SSSR count). The molecule has 1 aliphatic heterocycles. The number of morpholine rings is 1. The summed E-state index contributed by atoms with van der Waals surface area (Å²) in [5.41, 5.74) is 1.22. The number of phenolic OH excluding ortho intramolecular Hbond substituents is 1. The minimum atomic E-state index is 0.0398. The lowest BCUT2D eigenvalue weighted by Crippen LogP contribution is -2.45. The second-order valence-corrected chi connectivity index (χ2v) is 6.54. The van der Waals surface area contributed by atoms with Gasteiger partial charge >= 0.3 is 0 Å².